The van der Waals surface area contributed by atoms with Gasteiger partial charge in [0.1, 0.15) is 12.1 Å². The van der Waals surface area contributed by atoms with Crippen molar-refractivity contribution in [1.82, 2.24) is 24.9 Å². The van der Waals surface area contributed by atoms with Gasteiger partial charge in [0.05, 0.1) is 0 Å². The van der Waals surface area contributed by atoms with Gasteiger partial charge in [0.15, 0.2) is 0 Å². The number of amides is 1. The van der Waals surface area contributed by atoms with Gasteiger partial charge in [-0.15, -0.1) is 0 Å². The summed E-state index contributed by atoms with van der Waals surface area (Å²) in [4.78, 5) is 20.6. The second kappa shape index (κ2) is 8.07. The number of ether oxygens (including phenoxy) is 1. The summed E-state index contributed by atoms with van der Waals surface area (Å²) in [6.45, 7) is 1.15. The van der Waals surface area contributed by atoms with Crippen LogP contribution < -0.4 is 10.1 Å². The van der Waals surface area contributed by atoms with Gasteiger partial charge in [0.25, 0.3) is 5.78 Å². The molecule has 0 saturated heterocycles. The molecule has 1 N–H and O–H groups in total. The maximum absolute atomic E-state index is 12.3. The number of rotatable bonds is 7. The summed E-state index contributed by atoms with van der Waals surface area (Å²) in [6, 6.07) is 6.25. The van der Waals surface area contributed by atoms with Crippen LogP contribution in [0.25, 0.3) is 5.78 Å². The van der Waals surface area contributed by atoms with Crippen LogP contribution in [-0.4, -0.2) is 32.1 Å². The molecule has 27 heavy (non-hydrogen) atoms. The Balaban J connectivity index is 1.58. The average molecular weight is 375 g/mol. The summed E-state index contributed by atoms with van der Waals surface area (Å²) in [5.74, 6) is 0.451. The zero-order chi connectivity index (χ0) is 19.4. The van der Waals surface area contributed by atoms with Crippen molar-refractivity contribution in [2.45, 2.75) is 39.8 Å². The van der Waals surface area contributed by atoms with Gasteiger partial charge < -0.3 is 10.1 Å². The van der Waals surface area contributed by atoms with Crippen LogP contribution in [0.2, 0.25) is 0 Å². The Hall–Kier alpha value is -3.10. The molecule has 2 heterocycles. The lowest BCUT2D eigenvalue weighted by atomic mass is 10.1. The number of benzene rings is 1. The smallest absolute Gasteiger partial charge is 0.387 e. The first-order chi connectivity index (χ1) is 12.9. The number of alkyl halides is 2. The summed E-state index contributed by atoms with van der Waals surface area (Å²) >= 11 is 0. The van der Waals surface area contributed by atoms with E-state index in [4.69, 9.17) is 0 Å². The molecule has 0 saturated carbocycles. The number of carbonyl (C=O) groups is 1. The van der Waals surface area contributed by atoms with Crippen molar-refractivity contribution < 1.29 is 18.3 Å². The second-order valence-corrected chi connectivity index (χ2v) is 6.04. The molecule has 3 aromatic rings. The van der Waals surface area contributed by atoms with Gasteiger partial charge in [0.2, 0.25) is 5.91 Å². The minimum Gasteiger partial charge on any atom is -0.435 e. The molecule has 1 amide bonds. The van der Waals surface area contributed by atoms with Crippen LogP contribution in [-0.2, 0) is 17.8 Å². The zero-order valence-electron chi connectivity index (χ0n) is 14.9. The van der Waals surface area contributed by atoms with Crippen LogP contribution in [0.3, 0.4) is 0 Å². The SMILES string of the molecule is Cc1nc2ncnn2c(C)c1CCC(=O)NCc1cccc(OC(F)F)c1. The normalized spacial score (nSPS) is 11.1. The summed E-state index contributed by atoms with van der Waals surface area (Å²) in [5, 5.41) is 6.91. The van der Waals surface area contributed by atoms with Crippen molar-refractivity contribution in [3.8, 4) is 5.75 Å². The van der Waals surface area contributed by atoms with Crippen molar-refractivity contribution in [2.75, 3.05) is 0 Å². The molecular formula is C18H19F2N5O2. The highest BCUT2D eigenvalue weighted by Crippen LogP contribution is 2.17. The van der Waals surface area contributed by atoms with Crippen molar-refractivity contribution >= 4 is 11.7 Å². The molecule has 0 aliphatic rings. The highest BCUT2D eigenvalue weighted by atomic mass is 19.3. The van der Waals surface area contributed by atoms with Crippen molar-refractivity contribution in [1.29, 1.82) is 0 Å². The Labute approximate surface area is 154 Å². The predicted octanol–water partition coefficient (Wildman–Crippen LogP) is 2.59. The van der Waals surface area contributed by atoms with E-state index in [1.807, 2.05) is 13.8 Å². The van der Waals surface area contributed by atoms with E-state index in [2.05, 4.69) is 25.1 Å². The molecule has 0 spiro atoms. The lowest BCUT2D eigenvalue weighted by Gasteiger charge is -2.11. The fourth-order valence-corrected chi connectivity index (χ4v) is 2.88. The van der Waals surface area contributed by atoms with Gasteiger partial charge in [-0.25, -0.2) is 9.50 Å². The number of nitrogens with one attached hydrogen (secondary N) is 1. The molecule has 0 fully saturated rings. The molecule has 0 unspecified atom stereocenters. The van der Waals surface area contributed by atoms with E-state index in [1.165, 1.54) is 18.5 Å². The van der Waals surface area contributed by atoms with Gasteiger partial charge in [-0.3, -0.25) is 4.79 Å². The number of fused-ring (bicyclic) bond motifs is 1. The third-order valence-corrected chi connectivity index (χ3v) is 4.20. The maximum atomic E-state index is 12.3. The quantitative estimate of drug-likeness (QED) is 0.686. The standard InChI is InChI=1S/C18H19F2N5O2/c1-11-15(12(2)25-18(24-11)22-10-23-25)6-7-16(26)21-9-13-4-3-5-14(8-13)27-17(19)20/h3-5,8,10,17H,6-7,9H2,1-2H3,(H,21,26). The molecule has 0 atom stereocenters. The molecule has 7 nitrogen and oxygen atoms in total. The summed E-state index contributed by atoms with van der Waals surface area (Å²) in [5.41, 5.74) is 3.35. The van der Waals surface area contributed by atoms with Gasteiger partial charge in [0, 0.05) is 24.4 Å². The van der Waals surface area contributed by atoms with E-state index in [-0.39, 0.29) is 24.6 Å². The van der Waals surface area contributed by atoms with E-state index in [0.717, 1.165) is 17.0 Å². The summed E-state index contributed by atoms with van der Waals surface area (Å²) < 4.78 is 30.5. The summed E-state index contributed by atoms with van der Waals surface area (Å²) in [6.07, 6.45) is 2.23. The third kappa shape index (κ3) is 4.55. The highest BCUT2D eigenvalue weighted by Gasteiger charge is 2.12. The zero-order valence-corrected chi connectivity index (χ0v) is 14.9. The van der Waals surface area contributed by atoms with E-state index < -0.39 is 6.61 Å². The fourth-order valence-electron chi connectivity index (χ4n) is 2.88. The first kappa shape index (κ1) is 18.7. The minimum atomic E-state index is -2.88. The Bertz CT molecular complexity index is 958. The van der Waals surface area contributed by atoms with E-state index >= 15 is 0 Å². The van der Waals surface area contributed by atoms with Crippen LogP contribution in [0, 0.1) is 13.8 Å². The maximum Gasteiger partial charge on any atom is 0.387 e. The lowest BCUT2D eigenvalue weighted by molar-refractivity contribution is -0.121. The highest BCUT2D eigenvalue weighted by molar-refractivity contribution is 5.76. The number of carbonyl (C=O) groups excluding carboxylic acids is 1. The Morgan fingerprint density at radius 1 is 1.33 bits per heavy atom. The van der Waals surface area contributed by atoms with Crippen LogP contribution >= 0.6 is 0 Å². The number of nitrogens with zero attached hydrogens (tertiary/aromatic N) is 4. The first-order valence-electron chi connectivity index (χ1n) is 8.40. The molecule has 2 aromatic heterocycles. The Kier molecular flexibility index (Phi) is 5.58. The minimum absolute atomic E-state index is 0.0650. The van der Waals surface area contributed by atoms with E-state index in [0.29, 0.717) is 17.8 Å². The van der Waals surface area contributed by atoms with Crippen LogP contribution in [0.4, 0.5) is 8.78 Å². The fraction of sp³-hybridized carbons (Fsp3) is 0.333. The molecule has 9 heteroatoms. The number of hydrogen-bond acceptors (Lipinski definition) is 5. The van der Waals surface area contributed by atoms with Crippen LogP contribution in [0.1, 0.15) is 28.9 Å². The molecule has 142 valence electrons. The average Bonchev–Trinajstić information content (AvgIpc) is 3.08. The number of aromatic nitrogens is 4. The van der Waals surface area contributed by atoms with E-state index in [9.17, 15) is 13.6 Å². The molecule has 0 bridgehead atoms. The van der Waals surface area contributed by atoms with Gasteiger partial charge in [-0.05, 0) is 43.5 Å². The molecule has 0 radical (unpaired) electrons. The van der Waals surface area contributed by atoms with Gasteiger partial charge in [-0.2, -0.15) is 18.9 Å². The van der Waals surface area contributed by atoms with Crippen LogP contribution in [0.5, 0.6) is 5.75 Å². The topological polar surface area (TPSA) is 81.4 Å². The predicted molar refractivity (Wildman–Crippen MR) is 93.5 cm³/mol. The number of hydrogen-bond donors (Lipinski definition) is 1. The molecule has 1 aromatic carbocycles. The monoisotopic (exact) mass is 375 g/mol. The first-order valence-corrected chi connectivity index (χ1v) is 8.40. The summed E-state index contributed by atoms with van der Waals surface area (Å²) in [7, 11) is 0. The second-order valence-electron chi connectivity index (χ2n) is 6.04. The van der Waals surface area contributed by atoms with E-state index in [1.54, 1.807) is 16.6 Å². The molecule has 3 rings (SSSR count). The third-order valence-electron chi connectivity index (χ3n) is 4.20. The van der Waals surface area contributed by atoms with Gasteiger partial charge in [-0.1, -0.05) is 12.1 Å². The Morgan fingerprint density at radius 3 is 2.93 bits per heavy atom. The van der Waals surface area contributed by atoms with Crippen LogP contribution in [0.15, 0.2) is 30.6 Å². The lowest BCUT2D eigenvalue weighted by Crippen LogP contribution is -2.23. The largest absolute Gasteiger partial charge is 0.435 e. The van der Waals surface area contributed by atoms with Crippen molar-refractivity contribution in [3.63, 3.8) is 0 Å². The molecule has 0 aliphatic heterocycles. The Morgan fingerprint density at radius 2 is 2.15 bits per heavy atom. The molecular weight excluding hydrogens is 356 g/mol. The number of aryl methyl sites for hydroxylation is 2. The number of halogens is 2. The van der Waals surface area contributed by atoms with Crippen molar-refractivity contribution in [2.24, 2.45) is 0 Å². The van der Waals surface area contributed by atoms with Crippen molar-refractivity contribution in [3.05, 3.63) is 53.1 Å². The van der Waals surface area contributed by atoms with Gasteiger partial charge >= 0.3 is 6.61 Å². The molecule has 0 aliphatic carbocycles.